The van der Waals surface area contributed by atoms with E-state index in [1.165, 1.54) is 99.5 Å². The number of aromatic nitrogens is 4. The number of alkyl halides is 4. The third-order valence-electron chi connectivity index (χ3n) is 19.0. The van der Waals surface area contributed by atoms with Crippen LogP contribution in [0.4, 0.5) is 0 Å². The molecule has 12 heteroatoms. The molecule has 2 aromatic heterocycles. The van der Waals surface area contributed by atoms with Gasteiger partial charge < -0.3 is 18.4 Å². The van der Waals surface area contributed by atoms with E-state index >= 15 is 0 Å². The van der Waals surface area contributed by atoms with E-state index in [0.29, 0.717) is 0 Å². The molecule has 0 N–H and O–H groups in total. The Labute approximate surface area is 552 Å². The van der Waals surface area contributed by atoms with Crippen LogP contribution in [-0.2, 0) is 0 Å². The molecule has 3 heterocycles. The topological polar surface area (TPSA) is 17.6 Å². The predicted octanol–water partition coefficient (Wildman–Crippen LogP) is 15.4. The van der Waals surface area contributed by atoms with E-state index in [1.54, 1.807) is 0 Å². The van der Waals surface area contributed by atoms with Crippen molar-refractivity contribution in [1.29, 1.82) is 0 Å². The Morgan fingerprint density at radius 3 is 0.784 bits per heavy atom. The Kier molecular flexibility index (Phi) is 25.2. The second kappa shape index (κ2) is 31.8. The van der Waals surface area contributed by atoms with Gasteiger partial charge in [-0.25, -0.2) is 0 Å². The van der Waals surface area contributed by atoms with Gasteiger partial charge in [-0.15, -0.1) is 46.4 Å². The molecule has 0 radical (unpaired) electrons. The van der Waals surface area contributed by atoms with Crippen LogP contribution in [0.15, 0.2) is 122 Å². The summed E-state index contributed by atoms with van der Waals surface area (Å²) in [6.45, 7) is 36.8. The molecule has 0 saturated heterocycles. The van der Waals surface area contributed by atoms with Crippen molar-refractivity contribution in [1.82, 2.24) is 9.19 Å². The minimum Gasteiger partial charge on any atom is -0.341 e. The summed E-state index contributed by atoms with van der Waals surface area (Å²) in [6.07, 6.45) is 20.8. The first-order chi connectivity index (χ1) is 42.2. The highest BCUT2D eigenvalue weighted by atomic mass is 35.5. The molecule has 88 heavy (non-hydrogen) atoms. The maximum atomic E-state index is 4.76. The summed E-state index contributed by atoms with van der Waals surface area (Å²) < 4.78 is 11.0. The van der Waals surface area contributed by atoms with Crippen LogP contribution in [0.1, 0.15) is 168 Å². The Balaban J connectivity index is 0.00000177. The summed E-state index contributed by atoms with van der Waals surface area (Å²) >= 11 is 19.1. The van der Waals surface area contributed by atoms with Crippen molar-refractivity contribution in [3.05, 3.63) is 211 Å². The maximum absolute atomic E-state index is 4.76. The molecular formula is C76H96B4Cl4N4. The summed E-state index contributed by atoms with van der Waals surface area (Å²) in [5.41, 5.74) is 28.5. The molecule has 9 rings (SSSR count). The van der Waals surface area contributed by atoms with Gasteiger partial charge in [0.15, 0.2) is 12.4 Å². The molecule has 0 saturated carbocycles. The number of halogens is 4. The fraction of sp³-hybridized carbons (Fsp3) is 0.395. The van der Waals surface area contributed by atoms with Crippen LogP contribution >= 0.6 is 46.4 Å². The average Bonchev–Trinajstić information content (AvgIpc) is 1.62. The summed E-state index contributed by atoms with van der Waals surface area (Å²) in [6, 6.07) is 37.2. The lowest BCUT2D eigenvalue weighted by Gasteiger charge is -2.48. The highest BCUT2D eigenvalue weighted by Crippen LogP contribution is 2.30. The molecule has 4 nitrogen and oxygen atoms in total. The molecule has 0 unspecified atom stereocenters. The molecule has 0 bridgehead atoms. The van der Waals surface area contributed by atoms with E-state index in [9.17, 15) is 0 Å². The van der Waals surface area contributed by atoms with Crippen LogP contribution in [0.2, 0.25) is 25.3 Å². The van der Waals surface area contributed by atoms with E-state index in [-0.39, 0.29) is 24.1 Å². The molecule has 1 aliphatic rings. The van der Waals surface area contributed by atoms with Gasteiger partial charge in [-0.3, -0.25) is 0 Å². The molecule has 1 aliphatic heterocycles. The summed E-state index contributed by atoms with van der Waals surface area (Å²) in [7, 11) is 0. The van der Waals surface area contributed by atoms with Crippen LogP contribution in [0.3, 0.4) is 0 Å². The third-order valence-corrected chi connectivity index (χ3v) is 19.0. The average molecular weight is 1250 g/mol. The first-order valence-electron chi connectivity index (χ1n) is 32.6. The van der Waals surface area contributed by atoms with Crippen molar-refractivity contribution in [2.24, 2.45) is 0 Å². The summed E-state index contributed by atoms with van der Waals surface area (Å²) in [5.74, 6) is 15.0. The number of unbranched alkanes of at least 4 members (excludes halogenated alkanes) is 4. The van der Waals surface area contributed by atoms with E-state index in [4.69, 9.17) is 46.4 Å². The molecule has 0 amide bonds. The van der Waals surface area contributed by atoms with Gasteiger partial charge in [0.2, 0.25) is 13.4 Å². The molecule has 0 atom stereocenters. The summed E-state index contributed by atoms with van der Waals surface area (Å²) in [4.78, 5) is 0. The smallest absolute Gasteiger partial charge is 0.341 e. The van der Waals surface area contributed by atoms with E-state index in [0.717, 1.165) is 98.9 Å². The normalized spacial score (nSPS) is 12.5. The number of rotatable bonds is 18. The molecule has 0 fully saturated rings. The predicted molar refractivity (Wildman–Crippen MR) is 391 cm³/mol. The van der Waals surface area contributed by atoms with Crippen molar-refractivity contribution < 1.29 is 9.19 Å². The number of nitrogens with zero attached hydrogens (tertiary/aromatic N) is 4. The minimum atomic E-state index is -1.30. The SMILES string of the molecule is CCCC[B-]1(CCCC)n2cc(C#Cc3ccc(B(c4c(C)cc(C)cc4C)c4c(C)cc(C)cc4C)cc3)c[n+]2[B-](CCCC)(CCCC)n2cc(C#Cc3ccc(B(c4c(C)cc(C)cc4C)c4c(C)cc(C)cc4C)cc3)c[n+]21.ClCCl.ClCCl. The number of hydrogen-bond donors (Lipinski definition) is 0. The molecule has 0 aliphatic carbocycles. The lowest BCUT2D eigenvalue weighted by Crippen LogP contribution is -2.91. The molecule has 0 spiro atoms. The van der Waals surface area contributed by atoms with Crippen LogP contribution in [0, 0.1) is 107 Å². The maximum Gasteiger partial charge on any atom is 0.439 e. The van der Waals surface area contributed by atoms with Gasteiger partial charge in [0.25, 0.3) is 0 Å². The molecule has 460 valence electrons. The summed E-state index contributed by atoms with van der Waals surface area (Å²) in [5, 5.41) is 0.389. The van der Waals surface area contributed by atoms with Gasteiger partial charge in [0.1, 0.15) is 11.1 Å². The van der Waals surface area contributed by atoms with Crippen LogP contribution < -0.4 is 42.0 Å². The number of benzene rings is 6. The number of fused-ring (bicyclic) bond motifs is 2. The number of hydrogen-bond acceptors (Lipinski definition) is 0. The van der Waals surface area contributed by atoms with Gasteiger partial charge >= 0.3 is 12.8 Å². The van der Waals surface area contributed by atoms with Crippen LogP contribution in [0.5, 0.6) is 0 Å². The first-order valence-corrected chi connectivity index (χ1v) is 34.8. The zero-order valence-corrected chi connectivity index (χ0v) is 59.1. The third kappa shape index (κ3) is 15.5. The lowest BCUT2D eigenvalue weighted by molar-refractivity contribution is -0.716. The van der Waals surface area contributed by atoms with E-state index in [2.05, 4.69) is 275 Å². The monoisotopic (exact) mass is 1250 g/mol. The van der Waals surface area contributed by atoms with Gasteiger partial charge in [0, 0.05) is 23.5 Å². The quantitative estimate of drug-likeness (QED) is 0.0463. The Morgan fingerprint density at radius 2 is 0.568 bits per heavy atom. The van der Waals surface area contributed by atoms with Crippen LogP contribution in [0.25, 0.3) is 0 Å². The zero-order valence-electron chi connectivity index (χ0n) is 56.1. The van der Waals surface area contributed by atoms with Crippen molar-refractivity contribution in [2.45, 2.75) is 187 Å². The Hall–Kier alpha value is -5.72. The van der Waals surface area contributed by atoms with E-state index in [1.807, 2.05) is 0 Å². The zero-order chi connectivity index (χ0) is 64.0. The van der Waals surface area contributed by atoms with Gasteiger partial charge in [0.05, 0.1) is 10.7 Å². The number of aryl methyl sites for hydroxylation is 12. The largest absolute Gasteiger partial charge is 0.439 e. The second-order valence-electron chi connectivity index (χ2n) is 25.8. The van der Waals surface area contributed by atoms with Crippen molar-refractivity contribution in [3.8, 4) is 23.7 Å². The fourth-order valence-corrected chi connectivity index (χ4v) is 15.6. The van der Waals surface area contributed by atoms with E-state index < -0.39 is 12.8 Å². The van der Waals surface area contributed by atoms with Crippen LogP contribution in [-0.4, -0.2) is 46.1 Å². The molecule has 8 aromatic rings. The Morgan fingerprint density at radius 1 is 0.352 bits per heavy atom. The second-order valence-corrected chi connectivity index (χ2v) is 27.5. The first kappa shape index (κ1) is 69.7. The minimum absolute atomic E-state index is 0.129. The standard InChI is InChI=1S/C74H92B4N4.2CH2Cl2/c1-17-21-37-77(38-22-18-2)79-49-67(27-25-65-29-33-69(34-30-65)75(71-57(9)41-53(5)42-58(71)10)72-59(11)43-54(6)44-60(72)12)51-81(79)78(39-23-19-3,40-24-20-4)82-52-68(50-80(77)82)28-26-66-31-35-70(36-32-66)76(73-61(13)45-55(7)46-62(73)14)74-63(15)47-56(8)48-64(74)16;2*2-1-3/h29-36,41-52H,17-24,37-40H2,1-16H3;2*1H2. The van der Waals surface area contributed by atoms with Crippen molar-refractivity contribution in [3.63, 3.8) is 0 Å². The molecular weight excluding hydrogens is 1150 g/mol. The highest BCUT2D eigenvalue weighted by molar-refractivity contribution is 6.97. The Bertz CT molecular complexity index is 3300. The fourth-order valence-electron chi connectivity index (χ4n) is 15.6. The van der Waals surface area contributed by atoms with Gasteiger partial charge in [-0.05, 0) is 107 Å². The lowest BCUT2D eigenvalue weighted by atomic mass is 9.34. The van der Waals surface area contributed by atoms with Gasteiger partial charge in [-0.2, -0.15) is 0 Å². The van der Waals surface area contributed by atoms with Crippen molar-refractivity contribution in [2.75, 3.05) is 10.7 Å². The van der Waals surface area contributed by atoms with Crippen molar-refractivity contribution >= 4 is 105 Å². The van der Waals surface area contributed by atoms with Gasteiger partial charge in [-0.1, -0.05) is 300 Å². The molecule has 6 aromatic carbocycles. The highest BCUT2D eigenvalue weighted by Gasteiger charge is 2.57.